The third-order valence-corrected chi connectivity index (χ3v) is 6.75. The van der Waals surface area contributed by atoms with Crippen molar-refractivity contribution >= 4 is 15.8 Å². The standard InChI is InChI=1S/C22H27NO8S/c1-28-19-12-7-16(15-22(19)29-2)13-14-30-20-5-3-4-6-21(20)31-32(26,27)18-10-8-17(9-11-18)23(24)25/h7-12,15,20-21H,3-6,13-14H2,1-2H3/t20-,21-/m0/s1. The van der Waals surface area contributed by atoms with Gasteiger partial charge in [-0.15, -0.1) is 0 Å². The summed E-state index contributed by atoms with van der Waals surface area (Å²) in [6.45, 7) is 0.400. The van der Waals surface area contributed by atoms with Crippen molar-refractivity contribution in [3.8, 4) is 11.5 Å². The molecule has 9 nitrogen and oxygen atoms in total. The molecule has 0 spiro atoms. The molecule has 0 saturated heterocycles. The van der Waals surface area contributed by atoms with Crippen molar-refractivity contribution in [1.29, 1.82) is 0 Å². The molecule has 1 fully saturated rings. The fraction of sp³-hybridized carbons (Fsp3) is 0.455. The number of benzene rings is 2. The lowest BCUT2D eigenvalue weighted by atomic mass is 9.95. The molecule has 0 unspecified atom stereocenters. The van der Waals surface area contributed by atoms with E-state index in [2.05, 4.69) is 0 Å². The van der Waals surface area contributed by atoms with Crippen LogP contribution in [0.15, 0.2) is 47.4 Å². The Balaban J connectivity index is 1.61. The minimum Gasteiger partial charge on any atom is -0.493 e. The third-order valence-electron chi connectivity index (χ3n) is 5.40. The van der Waals surface area contributed by atoms with E-state index < -0.39 is 21.1 Å². The minimum absolute atomic E-state index is 0.113. The summed E-state index contributed by atoms with van der Waals surface area (Å²) in [4.78, 5) is 10.1. The van der Waals surface area contributed by atoms with Crippen LogP contribution in [0.5, 0.6) is 11.5 Å². The molecule has 1 aliphatic rings. The van der Waals surface area contributed by atoms with E-state index in [0.29, 0.717) is 37.4 Å². The molecule has 0 aliphatic heterocycles. The molecular formula is C22H27NO8S. The Bertz CT molecular complexity index is 1020. The Kier molecular flexibility index (Phi) is 8.05. The highest BCUT2D eigenvalue weighted by molar-refractivity contribution is 7.86. The van der Waals surface area contributed by atoms with Crippen molar-refractivity contribution in [1.82, 2.24) is 0 Å². The molecule has 0 amide bonds. The number of nitrogens with zero attached hydrogens (tertiary/aromatic N) is 1. The van der Waals surface area contributed by atoms with E-state index in [1.165, 1.54) is 12.1 Å². The van der Waals surface area contributed by atoms with E-state index in [0.717, 1.165) is 30.5 Å². The van der Waals surface area contributed by atoms with Crippen LogP contribution in [0.3, 0.4) is 0 Å². The topological polar surface area (TPSA) is 114 Å². The van der Waals surface area contributed by atoms with Gasteiger partial charge in [-0.25, -0.2) is 0 Å². The molecule has 0 radical (unpaired) electrons. The Labute approximate surface area is 187 Å². The average molecular weight is 466 g/mol. The number of nitro benzene ring substituents is 1. The number of nitro groups is 1. The lowest BCUT2D eigenvalue weighted by Crippen LogP contribution is -2.36. The first-order valence-corrected chi connectivity index (χ1v) is 11.7. The Morgan fingerprint density at radius 1 is 0.969 bits per heavy atom. The van der Waals surface area contributed by atoms with E-state index in [1.54, 1.807) is 14.2 Å². The van der Waals surface area contributed by atoms with Crippen LogP contribution in [0.4, 0.5) is 5.69 Å². The van der Waals surface area contributed by atoms with Gasteiger partial charge in [0.15, 0.2) is 11.5 Å². The molecule has 0 aromatic heterocycles. The summed E-state index contributed by atoms with van der Waals surface area (Å²) in [5.41, 5.74) is 0.826. The van der Waals surface area contributed by atoms with Gasteiger partial charge in [-0.05, 0) is 49.1 Å². The maximum absolute atomic E-state index is 12.7. The second kappa shape index (κ2) is 10.8. The Hall–Kier alpha value is -2.69. The first kappa shape index (κ1) is 24.0. The fourth-order valence-electron chi connectivity index (χ4n) is 3.68. The van der Waals surface area contributed by atoms with Gasteiger partial charge < -0.3 is 14.2 Å². The smallest absolute Gasteiger partial charge is 0.297 e. The second-order valence-electron chi connectivity index (χ2n) is 7.47. The summed E-state index contributed by atoms with van der Waals surface area (Å²) in [5.74, 6) is 1.28. The summed E-state index contributed by atoms with van der Waals surface area (Å²) in [7, 11) is -0.907. The molecular weight excluding hydrogens is 438 g/mol. The van der Waals surface area contributed by atoms with E-state index in [9.17, 15) is 18.5 Å². The van der Waals surface area contributed by atoms with Gasteiger partial charge >= 0.3 is 0 Å². The van der Waals surface area contributed by atoms with E-state index in [1.807, 2.05) is 18.2 Å². The molecule has 0 bridgehead atoms. The zero-order valence-electron chi connectivity index (χ0n) is 18.1. The lowest BCUT2D eigenvalue weighted by Gasteiger charge is -2.30. The normalized spacial score (nSPS) is 18.8. The highest BCUT2D eigenvalue weighted by atomic mass is 32.2. The molecule has 10 heteroatoms. The molecule has 3 rings (SSSR count). The Morgan fingerprint density at radius 3 is 2.25 bits per heavy atom. The summed E-state index contributed by atoms with van der Waals surface area (Å²) < 4.78 is 47.4. The van der Waals surface area contributed by atoms with Crippen LogP contribution in [0.25, 0.3) is 0 Å². The van der Waals surface area contributed by atoms with Crippen molar-refractivity contribution in [3.63, 3.8) is 0 Å². The van der Waals surface area contributed by atoms with E-state index >= 15 is 0 Å². The average Bonchev–Trinajstić information content (AvgIpc) is 2.80. The van der Waals surface area contributed by atoms with Crippen molar-refractivity contribution < 1.29 is 31.7 Å². The largest absolute Gasteiger partial charge is 0.493 e. The second-order valence-corrected chi connectivity index (χ2v) is 9.04. The predicted molar refractivity (Wildman–Crippen MR) is 117 cm³/mol. The van der Waals surface area contributed by atoms with Gasteiger partial charge in [0, 0.05) is 12.1 Å². The SMILES string of the molecule is COc1ccc(CCO[C@H]2CCCC[C@@H]2OS(=O)(=O)c2ccc([N+](=O)[O-])cc2)cc1OC. The number of methoxy groups -OCH3 is 2. The molecule has 2 aromatic carbocycles. The van der Waals surface area contributed by atoms with Crippen molar-refractivity contribution in [3.05, 3.63) is 58.1 Å². The summed E-state index contributed by atoms with van der Waals surface area (Å²) in [5, 5.41) is 10.8. The Morgan fingerprint density at radius 2 is 1.62 bits per heavy atom. The molecule has 0 heterocycles. The van der Waals surface area contributed by atoms with E-state index in [4.69, 9.17) is 18.4 Å². The van der Waals surface area contributed by atoms with Crippen LogP contribution in [-0.2, 0) is 25.5 Å². The summed E-state index contributed by atoms with van der Waals surface area (Å²) in [6.07, 6.45) is 2.71. The van der Waals surface area contributed by atoms with Crippen LogP contribution < -0.4 is 9.47 Å². The highest BCUT2D eigenvalue weighted by Gasteiger charge is 2.32. The zero-order valence-corrected chi connectivity index (χ0v) is 18.9. The maximum atomic E-state index is 12.7. The molecule has 174 valence electrons. The molecule has 2 aromatic rings. The summed E-state index contributed by atoms with van der Waals surface area (Å²) in [6, 6.07) is 10.3. The molecule has 0 N–H and O–H groups in total. The highest BCUT2D eigenvalue weighted by Crippen LogP contribution is 2.30. The van der Waals surface area contributed by atoms with Gasteiger partial charge in [0.25, 0.3) is 15.8 Å². The van der Waals surface area contributed by atoms with Crippen LogP contribution in [-0.4, -0.2) is 46.4 Å². The number of hydrogen-bond donors (Lipinski definition) is 0. The van der Waals surface area contributed by atoms with Gasteiger partial charge in [0.05, 0.1) is 36.7 Å². The number of ether oxygens (including phenoxy) is 3. The molecule has 2 atom stereocenters. The predicted octanol–water partition coefficient (Wildman–Crippen LogP) is 3.89. The fourth-order valence-corrected chi connectivity index (χ4v) is 4.81. The van der Waals surface area contributed by atoms with Crippen LogP contribution in [0, 0.1) is 10.1 Å². The molecule has 1 saturated carbocycles. The first-order chi connectivity index (χ1) is 15.3. The van der Waals surface area contributed by atoms with Crippen molar-refractivity contribution in [2.75, 3.05) is 20.8 Å². The van der Waals surface area contributed by atoms with Crippen molar-refractivity contribution in [2.24, 2.45) is 0 Å². The third kappa shape index (κ3) is 5.96. The number of rotatable bonds is 10. The van der Waals surface area contributed by atoms with Crippen LogP contribution in [0.2, 0.25) is 0 Å². The first-order valence-electron chi connectivity index (χ1n) is 10.3. The van der Waals surface area contributed by atoms with Crippen LogP contribution in [0.1, 0.15) is 31.2 Å². The monoisotopic (exact) mass is 465 g/mol. The van der Waals surface area contributed by atoms with Crippen LogP contribution >= 0.6 is 0 Å². The number of non-ortho nitro benzene ring substituents is 1. The summed E-state index contributed by atoms with van der Waals surface area (Å²) >= 11 is 0. The van der Waals surface area contributed by atoms with Gasteiger partial charge in [-0.2, -0.15) is 8.42 Å². The quantitative estimate of drug-likeness (QED) is 0.295. The minimum atomic E-state index is -4.06. The van der Waals surface area contributed by atoms with Crippen molar-refractivity contribution in [2.45, 2.75) is 49.2 Å². The molecule has 32 heavy (non-hydrogen) atoms. The van der Waals surface area contributed by atoms with Gasteiger partial charge in [-0.1, -0.05) is 18.9 Å². The molecule has 1 aliphatic carbocycles. The lowest BCUT2D eigenvalue weighted by molar-refractivity contribution is -0.384. The number of hydrogen-bond acceptors (Lipinski definition) is 8. The maximum Gasteiger partial charge on any atom is 0.297 e. The van der Waals surface area contributed by atoms with Gasteiger partial charge in [0.2, 0.25) is 0 Å². The van der Waals surface area contributed by atoms with Gasteiger partial charge in [0.1, 0.15) is 6.10 Å². The zero-order chi connectivity index (χ0) is 23.1. The van der Waals surface area contributed by atoms with E-state index in [-0.39, 0.29) is 16.7 Å². The van der Waals surface area contributed by atoms with Gasteiger partial charge in [-0.3, -0.25) is 14.3 Å².